The highest BCUT2D eigenvalue weighted by atomic mass is 16.5. The molecule has 2 rings (SSSR count). The molecule has 5 nitrogen and oxygen atoms in total. The average Bonchev–Trinajstić information content (AvgIpc) is 2.71. The highest BCUT2D eigenvalue weighted by Crippen LogP contribution is 2.34. The van der Waals surface area contributed by atoms with E-state index in [0.29, 0.717) is 17.9 Å². The van der Waals surface area contributed by atoms with E-state index in [9.17, 15) is 9.59 Å². The molecule has 90 valence electrons. The minimum absolute atomic E-state index is 0.179. The SMILES string of the molecule is COc1ccccc1N1C(=O)CC[C@@H]1C(=O)O. The molecule has 1 saturated heterocycles. The fourth-order valence-corrected chi connectivity index (χ4v) is 2.05. The van der Waals surface area contributed by atoms with E-state index in [0.717, 1.165) is 0 Å². The zero-order valence-electron chi connectivity index (χ0n) is 9.42. The zero-order chi connectivity index (χ0) is 12.4. The number of rotatable bonds is 3. The molecule has 1 aliphatic heterocycles. The molecular weight excluding hydrogens is 222 g/mol. The van der Waals surface area contributed by atoms with Crippen LogP contribution in [0.4, 0.5) is 5.69 Å². The van der Waals surface area contributed by atoms with Crippen LogP contribution in [0.3, 0.4) is 0 Å². The molecule has 1 N–H and O–H groups in total. The Morgan fingerprint density at radius 1 is 1.47 bits per heavy atom. The summed E-state index contributed by atoms with van der Waals surface area (Å²) in [5.74, 6) is -0.655. The molecule has 0 aliphatic carbocycles. The molecule has 1 aliphatic rings. The van der Waals surface area contributed by atoms with Crippen molar-refractivity contribution < 1.29 is 19.4 Å². The van der Waals surface area contributed by atoms with Gasteiger partial charge < -0.3 is 9.84 Å². The summed E-state index contributed by atoms with van der Waals surface area (Å²) in [6, 6.07) is 6.14. The number of ether oxygens (including phenoxy) is 1. The first kappa shape index (κ1) is 11.4. The van der Waals surface area contributed by atoms with Crippen molar-refractivity contribution in [2.24, 2.45) is 0 Å². The van der Waals surface area contributed by atoms with E-state index in [4.69, 9.17) is 9.84 Å². The molecular formula is C12H13NO4. The first-order chi connectivity index (χ1) is 8.15. The molecule has 0 saturated carbocycles. The Morgan fingerprint density at radius 2 is 2.18 bits per heavy atom. The second kappa shape index (κ2) is 4.45. The van der Waals surface area contributed by atoms with Crippen LogP contribution in [0.1, 0.15) is 12.8 Å². The maximum absolute atomic E-state index is 11.8. The number of amides is 1. The second-order valence-electron chi connectivity index (χ2n) is 3.83. The quantitative estimate of drug-likeness (QED) is 0.856. The van der Waals surface area contributed by atoms with Crippen molar-refractivity contribution in [1.82, 2.24) is 0 Å². The minimum Gasteiger partial charge on any atom is -0.495 e. The number of carbonyl (C=O) groups excluding carboxylic acids is 1. The maximum atomic E-state index is 11.8. The zero-order valence-corrected chi connectivity index (χ0v) is 9.42. The van der Waals surface area contributed by atoms with Crippen LogP contribution in [0.5, 0.6) is 5.75 Å². The lowest BCUT2D eigenvalue weighted by molar-refractivity contribution is -0.138. The Labute approximate surface area is 98.6 Å². The number of carbonyl (C=O) groups is 2. The van der Waals surface area contributed by atoms with Crippen LogP contribution in [0, 0.1) is 0 Å². The molecule has 1 heterocycles. The van der Waals surface area contributed by atoms with Crippen LogP contribution < -0.4 is 9.64 Å². The van der Waals surface area contributed by atoms with Crippen molar-refractivity contribution >= 4 is 17.6 Å². The third-order valence-electron chi connectivity index (χ3n) is 2.84. The molecule has 1 amide bonds. The molecule has 17 heavy (non-hydrogen) atoms. The van der Waals surface area contributed by atoms with E-state index >= 15 is 0 Å². The predicted molar refractivity (Wildman–Crippen MR) is 61.1 cm³/mol. The van der Waals surface area contributed by atoms with E-state index in [1.165, 1.54) is 12.0 Å². The molecule has 5 heteroatoms. The van der Waals surface area contributed by atoms with Gasteiger partial charge in [-0.1, -0.05) is 12.1 Å². The molecule has 1 aromatic carbocycles. The summed E-state index contributed by atoms with van der Waals surface area (Å²) in [6.07, 6.45) is 0.598. The Morgan fingerprint density at radius 3 is 2.82 bits per heavy atom. The summed E-state index contributed by atoms with van der Waals surface area (Å²) in [6.45, 7) is 0. The number of anilines is 1. The molecule has 1 aromatic rings. The highest BCUT2D eigenvalue weighted by molar-refractivity contribution is 6.03. The number of aliphatic carboxylic acids is 1. The summed E-state index contributed by atoms with van der Waals surface area (Å²) in [5, 5.41) is 9.09. The molecule has 0 unspecified atom stereocenters. The first-order valence-corrected chi connectivity index (χ1v) is 5.33. The van der Waals surface area contributed by atoms with Gasteiger partial charge in [0.1, 0.15) is 11.8 Å². The highest BCUT2D eigenvalue weighted by Gasteiger charge is 2.38. The van der Waals surface area contributed by atoms with Crippen LogP contribution >= 0.6 is 0 Å². The van der Waals surface area contributed by atoms with Gasteiger partial charge in [0.25, 0.3) is 0 Å². The van der Waals surface area contributed by atoms with Gasteiger partial charge in [0.05, 0.1) is 12.8 Å². The third kappa shape index (κ3) is 1.95. The molecule has 0 radical (unpaired) electrons. The Kier molecular flexibility index (Phi) is 2.99. The van der Waals surface area contributed by atoms with E-state index in [1.54, 1.807) is 24.3 Å². The van der Waals surface area contributed by atoms with Gasteiger partial charge >= 0.3 is 5.97 Å². The van der Waals surface area contributed by atoms with Gasteiger partial charge in [-0.2, -0.15) is 0 Å². The van der Waals surface area contributed by atoms with Gasteiger partial charge in [-0.05, 0) is 18.6 Å². The van der Waals surface area contributed by atoms with Crippen molar-refractivity contribution in [2.75, 3.05) is 12.0 Å². The fraction of sp³-hybridized carbons (Fsp3) is 0.333. The number of carboxylic acids is 1. The third-order valence-corrected chi connectivity index (χ3v) is 2.84. The van der Waals surface area contributed by atoms with Gasteiger partial charge in [0.15, 0.2) is 0 Å². The fourth-order valence-electron chi connectivity index (χ4n) is 2.05. The first-order valence-electron chi connectivity index (χ1n) is 5.33. The topological polar surface area (TPSA) is 66.8 Å². The summed E-state index contributed by atoms with van der Waals surface area (Å²) in [5.41, 5.74) is 0.518. The summed E-state index contributed by atoms with van der Waals surface area (Å²) in [7, 11) is 1.50. The lowest BCUT2D eigenvalue weighted by Gasteiger charge is -2.23. The van der Waals surface area contributed by atoms with Gasteiger partial charge in [-0.15, -0.1) is 0 Å². The average molecular weight is 235 g/mol. The van der Waals surface area contributed by atoms with Crippen molar-refractivity contribution in [3.63, 3.8) is 0 Å². The van der Waals surface area contributed by atoms with Crippen molar-refractivity contribution in [3.05, 3.63) is 24.3 Å². The van der Waals surface area contributed by atoms with Crippen LogP contribution in [-0.4, -0.2) is 30.1 Å². The molecule has 0 bridgehead atoms. The van der Waals surface area contributed by atoms with E-state index in [1.807, 2.05) is 0 Å². The van der Waals surface area contributed by atoms with E-state index in [-0.39, 0.29) is 12.3 Å². The summed E-state index contributed by atoms with van der Waals surface area (Å²) >= 11 is 0. The minimum atomic E-state index is -0.984. The second-order valence-corrected chi connectivity index (χ2v) is 3.83. The lowest BCUT2D eigenvalue weighted by atomic mass is 10.2. The van der Waals surface area contributed by atoms with E-state index in [2.05, 4.69) is 0 Å². The number of para-hydroxylation sites is 2. The smallest absolute Gasteiger partial charge is 0.326 e. The summed E-state index contributed by atoms with van der Waals surface area (Å²) in [4.78, 5) is 24.2. The standard InChI is InChI=1S/C12H13NO4/c1-17-10-5-3-2-4-8(10)13-9(12(15)16)6-7-11(13)14/h2-5,9H,6-7H2,1H3,(H,15,16)/t9-/m1/s1. The monoisotopic (exact) mass is 235 g/mol. The van der Waals surface area contributed by atoms with Crippen molar-refractivity contribution in [3.8, 4) is 5.75 Å². The van der Waals surface area contributed by atoms with Gasteiger partial charge in [0.2, 0.25) is 5.91 Å². The van der Waals surface area contributed by atoms with Crippen LogP contribution in [0.25, 0.3) is 0 Å². The van der Waals surface area contributed by atoms with E-state index < -0.39 is 12.0 Å². The normalized spacial score (nSPS) is 19.5. The number of carboxylic acid groups (broad SMARTS) is 1. The number of methoxy groups -OCH3 is 1. The Hall–Kier alpha value is -2.04. The Bertz CT molecular complexity index is 458. The molecule has 1 fully saturated rings. The van der Waals surface area contributed by atoms with Crippen LogP contribution in [-0.2, 0) is 9.59 Å². The van der Waals surface area contributed by atoms with Crippen LogP contribution in [0.2, 0.25) is 0 Å². The molecule has 1 atom stereocenters. The molecule has 0 aromatic heterocycles. The van der Waals surface area contributed by atoms with Crippen LogP contribution in [0.15, 0.2) is 24.3 Å². The number of hydrogen-bond donors (Lipinski definition) is 1. The maximum Gasteiger partial charge on any atom is 0.326 e. The largest absolute Gasteiger partial charge is 0.495 e. The number of nitrogens with zero attached hydrogens (tertiary/aromatic N) is 1. The predicted octanol–water partition coefficient (Wildman–Crippen LogP) is 1.28. The summed E-state index contributed by atoms with van der Waals surface area (Å²) < 4.78 is 5.15. The number of hydrogen-bond acceptors (Lipinski definition) is 3. The van der Waals surface area contributed by atoms with Gasteiger partial charge in [-0.3, -0.25) is 9.69 Å². The number of benzene rings is 1. The lowest BCUT2D eigenvalue weighted by Crippen LogP contribution is -2.38. The van der Waals surface area contributed by atoms with Gasteiger partial charge in [0, 0.05) is 6.42 Å². The van der Waals surface area contributed by atoms with Crippen molar-refractivity contribution in [2.45, 2.75) is 18.9 Å². The van der Waals surface area contributed by atoms with Crippen molar-refractivity contribution in [1.29, 1.82) is 0 Å². The molecule has 0 spiro atoms. The van der Waals surface area contributed by atoms with Gasteiger partial charge in [-0.25, -0.2) is 4.79 Å². The Balaban J connectivity index is 2.43.